The molecule has 0 saturated heterocycles. The second-order valence-electron chi connectivity index (χ2n) is 5.45. The Balaban J connectivity index is 2.03. The molecule has 3 rings (SSSR count). The molecule has 26 heavy (non-hydrogen) atoms. The fraction of sp³-hybridized carbons (Fsp3) is 0.176. The number of rotatable bonds is 3. The second-order valence-corrected chi connectivity index (χ2v) is 6.29. The van der Waals surface area contributed by atoms with Crippen molar-refractivity contribution in [2.45, 2.75) is 19.2 Å². The van der Waals surface area contributed by atoms with Gasteiger partial charge in [-0.3, -0.25) is 4.40 Å². The van der Waals surface area contributed by atoms with E-state index in [0.717, 1.165) is 4.40 Å². The zero-order chi connectivity index (χ0) is 19.1. The van der Waals surface area contributed by atoms with Crippen LogP contribution in [0.5, 0.6) is 0 Å². The number of benzene rings is 1. The number of carbonyl (C=O) groups excluding carboxylic acids is 1. The summed E-state index contributed by atoms with van der Waals surface area (Å²) in [5, 5.41) is 0.536. The van der Waals surface area contributed by atoms with Crippen molar-refractivity contribution < 1.29 is 22.7 Å². The summed E-state index contributed by atoms with van der Waals surface area (Å²) >= 11 is 11.8. The van der Waals surface area contributed by atoms with Gasteiger partial charge >= 0.3 is 12.1 Å². The first-order chi connectivity index (χ1) is 12.2. The van der Waals surface area contributed by atoms with E-state index >= 15 is 0 Å². The molecule has 0 N–H and O–H groups in total. The molecule has 0 aliphatic rings. The number of carbonyl (C=O) groups is 1. The Kier molecular flexibility index (Phi) is 4.86. The summed E-state index contributed by atoms with van der Waals surface area (Å²) in [6.07, 6.45) is -4.45. The third kappa shape index (κ3) is 3.50. The van der Waals surface area contributed by atoms with Crippen LogP contribution in [0.2, 0.25) is 10.0 Å². The number of alkyl halides is 3. The van der Waals surface area contributed by atoms with Crippen LogP contribution in [0.1, 0.15) is 34.8 Å². The summed E-state index contributed by atoms with van der Waals surface area (Å²) < 4.78 is 46.2. The molecule has 4 nitrogen and oxygen atoms in total. The highest BCUT2D eigenvalue weighted by atomic mass is 35.5. The minimum absolute atomic E-state index is 0.109. The van der Waals surface area contributed by atoms with Crippen molar-refractivity contribution in [3.63, 3.8) is 0 Å². The molecule has 0 spiro atoms. The molecule has 1 unspecified atom stereocenters. The zero-order valence-electron chi connectivity index (χ0n) is 13.2. The molecule has 0 amide bonds. The van der Waals surface area contributed by atoms with Crippen LogP contribution < -0.4 is 0 Å². The lowest BCUT2D eigenvalue weighted by Crippen LogP contribution is -2.18. The standard InChI is InChI=1S/C17H11Cl2F3N2O2/c1-9(11-4-2-3-5-12(11)19)26-16(25)14-15(17(20,21)22)23-13-8-10(18)6-7-24(13)14/h2-9H,1H3. The summed E-state index contributed by atoms with van der Waals surface area (Å²) in [4.78, 5) is 16.0. The van der Waals surface area contributed by atoms with Gasteiger partial charge in [0, 0.05) is 27.9 Å². The van der Waals surface area contributed by atoms with E-state index in [1.807, 2.05) is 0 Å². The Morgan fingerprint density at radius 2 is 1.92 bits per heavy atom. The van der Waals surface area contributed by atoms with Gasteiger partial charge in [-0.1, -0.05) is 41.4 Å². The maximum Gasteiger partial charge on any atom is 0.435 e. The Hall–Kier alpha value is -2.25. The van der Waals surface area contributed by atoms with E-state index in [0.29, 0.717) is 10.6 Å². The van der Waals surface area contributed by atoms with Crippen molar-refractivity contribution in [3.8, 4) is 0 Å². The van der Waals surface area contributed by atoms with Crippen LogP contribution in [0.25, 0.3) is 5.65 Å². The van der Waals surface area contributed by atoms with Crippen LogP contribution >= 0.6 is 23.2 Å². The molecule has 1 aromatic carbocycles. The van der Waals surface area contributed by atoms with E-state index in [1.165, 1.54) is 25.3 Å². The Morgan fingerprint density at radius 1 is 1.23 bits per heavy atom. The lowest BCUT2D eigenvalue weighted by molar-refractivity contribution is -0.141. The molecule has 3 aromatic rings. The molecular formula is C17H11Cl2F3N2O2. The highest BCUT2D eigenvalue weighted by Crippen LogP contribution is 2.34. The van der Waals surface area contributed by atoms with E-state index < -0.39 is 29.6 Å². The maximum absolute atomic E-state index is 13.3. The Labute approximate surface area is 156 Å². The van der Waals surface area contributed by atoms with Crippen LogP contribution in [0.4, 0.5) is 13.2 Å². The van der Waals surface area contributed by atoms with E-state index in [1.54, 1.807) is 24.3 Å². The smallest absolute Gasteiger partial charge is 0.435 e. The molecule has 0 saturated carbocycles. The zero-order valence-corrected chi connectivity index (χ0v) is 14.7. The van der Waals surface area contributed by atoms with Crippen molar-refractivity contribution >= 4 is 34.8 Å². The molecule has 0 bridgehead atoms. The number of aromatic nitrogens is 2. The van der Waals surface area contributed by atoms with Crippen molar-refractivity contribution in [1.82, 2.24) is 9.38 Å². The van der Waals surface area contributed by atoms with Gasteiger partial charge in [0.2, 0.25) is 0 Å². The van der Waals surface area contributed by atoms with Gasteiger partial charge in [0.15, 0.2) is 11.4 Å². The monoisotopic (exact) mass is 402 g/mol. The number of fused-ring (bicyclic) bond motifs is 1. The van der Waals surface area contributed by atoms with Gasteiger partial charge in [-0.05, 0) is 19.1 Å². The maximum atomic E-state index is 13.3. The van der Waals surface area contributed by atoms with Gasteiger partial charge in [-0.15, -0.1) is 0 Å². The summed E-state index contributed by atoms with van der Waals surface area (Å²) in [6, 6.07) is 9.17. The van der Waals surface area contributed by atoms with Gasteiger partial charge < -0.3 is 4.74 Å². The van der Waals surface area contributed by atoms with Gasteiger partial charge in [-0.2, -0.15) is 13.2 Å². The van der Waals surface area contributed by atoms with E-state index in [4.69, 9.17) is 27.9 Å². The quantitative estimate of drug-likeness (QED) is 0.537. The largest absolute Gasteiger partial charge is 0.453 e. The van der Waals surface area contributed by atoms with Crippen molar-refractivity contribution in [2.75, 3.05) is 0 Å². The normalized spacial score (nSPS) is 13.0. The summed E-state index contributed by atoms with van der Waals surface area (Å²) in [7, 11) is 0. The highest BCUT2D eigenvalue weighted by molar-refractivity contribution is 6.31. The molecule has 0 fully saturated rings. The topological polar surface area (TPSA) is 43.6 Å². The average Bonchev–Trinajstić information content (AvgIpc) is 2.94. The number of esters is 1. The predicted molar refractivity (Wildman–Crippen MR) is 90.5 cm³/mol. The van der Waals surface area contributed by atoms with Crippen molar-refractivity contribution in [3.05, 3.63) is 69.6 Å². The molecule has 2 heterocycles. The lowest BCUT2D eigenvalue weighted by Gasteiger charge is -2.15. The first kappa shape index (κ1) is 18.5. The first-order valence-corrected chi connectivity index (χ1v) is 8.14. The number of imidazole rings is 1. The van der Waals surface area contributed by atoms with Gasteiger partial charge in [0.25, 0.3) is 0 Å². The van der Waals surface area contributed by atoms with Crippen LogP contribution in [-0.2, 0) is 10.9 Å². The first-order valence-electron chi connectivity index (χ1n) is 7.38. The molecule has 136 valence electrons. The number of pyridine rings is 1. The van der Waals surface area contributed by atoms with Crippen LogP contribution in [0.3, 0.4) is 0 Å². The number of hydrogen-bond donors (Lipinski definition) is 0. The third-order valence-electron chi connectivity index (χ3n) is 3.68. The number of ether oxygens (including phenoxy) is 1. The third-order valence-corrected chi connectivity index (χ3v) is 4.26. The summed E-state index contributed by atoms with van der Waals surface area (Å²) in [5.74, 6) is -1.17. The molecule has 9 heteroatoms. The lowest BCUT2D eigenvalue weighted by atomic mass is 10.1. The van der Waals surface area contributed by atoms with Gasteiger partial charge in [0.1, 0.15) is 11.8 Å². The SMILES string of the molecule is CC(OC(=O)c1c(C(F)(F)F)nc2cc(Cl)ccn12)c1ccccc1Cl. The number of hydrogen-bond acceptors (Lipinski definition) is 3. The summed E-state index contributed by atoms with van der Waals surface area (Å²) in [6.45, 7) is 1.52. The highest BCUT2D eigenvalue weighted by Gasteiger charge is 2.41. The minimum Gasteiger partial charge on any atom is -0.453 e. The van der Waals surface area contributed by atoms with E-state index in [2.05, 4.69) is 4.98 Å². The van der Waals surface area contributed by atoms with Crippen molar-refractivity contribution in [2.24, 2.45) is 0 Å². The fourth-order valence-corrected chi connectivity index (χ4v) is 2.94. The second kappa shape index (κ2) is 6.81. The van der Waals surface area contributed by atoms with Crippen LogP contribution in [0.15, 0.2) is 42.6 Å². The van der Waals surface area contributed by atoms with Crippen LogP contribution in [0, 0.1) is 0 Å². The molecule has 1 atom stereocenters. The van der Waals surface area contributed by atoms with Gasteiger partial charge in [0.05, 0.1) is 0 Å². The molecule has 0 aliphatic heterocycles. The van der Waals surface area contributed by atoms with Crippen molar-refractivity contribution in [1.29, 1.82) is 0 Å². The Bertz CT molecular complexity index is 986. The molecule has 0 aliphatic carbocycles. The molecule has 0 radical (unpaired) electrons. The fourth-order valence-electron chi connectivity index (χ4n) is 2.50. The van der Waals surface area contributed by atoms with Crippen LogP contribution in [-0.4, -0.2) is 15.4 Å². The predicted octanol–water partition coefficient (Wildman–Crippen LogP) is 5.58. The van der Waals surface area contributed by atoms with E-state index in [9.17, 15) is 18.0 Å². The molecule has 2 aromatic heterocycles. The molecular weight excluding hydrogens is 392 g/mol. The Morgan fingerprint density at radius 3 is 2.58 bits per heavy atom. The number of halogens is 5. The van der Waals surface area contributed by atoms with Gasteiger partial charge in [-0.25, -0.2) is 9.78 Å². The van der Waals surface area contributed by atoms with E-state index in [-0.39, 0.29) is 10.7 Å². The number of nitrogens with zero attached hydrogens (tertiary/aromatic N) is 2. The average molecular weight is 403 g/mol. The minimum atomic E-state index is -4.83. The summed E-state index contributed by atoms with van der Waals surface area (Å²) in [5.41, 5.74) is -1.69.